The Morgan fingerprint density at radius 1 is 1.61 bits per heavy atom. The highest BCUT2D eigenvalue weighted by Crippen LogP contribution is 2.38. The fraction of sp³-hybridized carbons (Fsp3) is 0.364. The Morgan fingerprint density at radius 2 is 2.28 bits per heavy atom. The van der Waals surface area contributed by atoms with Gasteiger partial charge in [0.15, 0.2) is 0 Å². The maximum atomic E-state index is 11.8. The molecule has 6 nitrogen and oxygen atoms in total. The zero-order valence-electron chi connectivity index (χ0n) is 10.1. The van der Waals surface area contributed by atoms with Gasteiger partial charge in [-0.25, -0.2) is 0 Å². The molecule has 18 heavy (non-hydrogen) atoms. The first kappa shape index (κ1) is 14.3. The summed E-state index contributed by atoms with van der Waals surface area (Å²) in [4.78, 5) is 22.2. The number of nitro groups is 1. The van der Waals surface area contributed by atoms with Crippen molar-refractivity contribution in [1.29, 1.82) is 0 Å². The Hall–Kier alpha value is -1.76. The molecule has 0 aromatic heterocycles. The lowest BCUT2D eigenvalue weighted by atomic mass is 10.1. The van der Waals surface area contributed by atoms with Crippen LogP contribution in [0.15, 0.2) is 18.2 Å². The molecule has 0 bridgehead atoms. The Morgan fingerprint density at radius 3 is 2.78 bits per heavy atom. The number of nitrogens with two attached hydrogens (primary N) is 1. The van der Waals surface area contributed by atoms with Crippen molar-refractivity contribution in [3.05, 3.63) is 33.9 Å². The van der Waals surface area contributed by atoms with Crippen molar-refractivity contribution in [2.45, 2.75) is 12.2 Å². The SMILES string of the molecule is CCOC(=O)[C@@H](SC)c1c(N)cccc1[N+](=O)[O-]. The van der Waals surface area contributed by atoms with E-state index in [-0.39, 0.29) is 23.5 Å². The van der Waals surface area contributed by atoms with Gasteiger partial charge in [0.25, 0.3) is 5.69 Å². The second kappa shape index (κ2) is 6.25. The van der Waals surface area contributed by atoms with Gasteiger partial charge in [0.2, 0.25) is 0 Å². The molecule has 0 fully saturated rings. The maximum Gasteiger partial charge on any atom is 0.323 e. The molecule has 1 rings (SSSR count). The fourth-order valence-electron chi connectivity index (χ4n) is 1.57. The lowest BCUT2D eigenvalue weighted by Gasteiger charge is -2.15. The zero-order valence-corrected chi connectivity index (χ0v) is 10.9. The predicted octanol–water partition coefficient (Wildman–Crippen LogP) is 2.14. The van der Waals surface area contributed by atoms with Crippen LogP contribution in [0.1, 0.15) is 17.7 Å². The van der Waals surface area contributed by atoms with Gasteiger partial charge in [-0.2, -0.15) is 0 Å². The van der Waals surface area contributed by atoms with E-state index in [0.717, 1.165) is 11.8 Å². The maximum absolute atomic E-state index is 11.8. The van der Waals surface area contributed by atoms with Crippen LogP contribution in [0.4, 0.5) is 11.4 Å². The van der Waals surface area contributed by atoms with Gasteiger partial charge >= 0.3 is 5.97 Å². The van der Waals surface area contributed by atoms with Crippen LogP contribution in [0.3, 0.4) is 0 Å². The number of nitro benzene ring substituents is 1. The topological polar surface area (TPSA) is 95.5 Å². The minimum Gasteiger partial charge on any atom is -0.465 e. The average Bonchev–Trinajstić information content (AvgIpc) is 2.32. The minimum absolute atomic E-state index is 0.164. The van der Waals surface area contributed by atoms with E-state index in [1.165, 1.54) is 18.2 Å². The molecule has 1 aromatic rings. The highest BCUT2D eigenvalue weighted by Gasteiger charge is 2.30. The average molecular weight is 270 g/mol. The van der Waals surface area contributed by atoms with E-state index in [1.54, 1.807) is 13.2 Å². The molecule has 2 N–H and O–H groups in total. The van der Waals surface area contributed by atoms with E-state index in [9.17, 15) is 14.9 Å². The number of hydrogen-bond acceptors (Lipinski definition) is 6. The standard InChI is InChI=1S/C11H14N2O4S/c1-3-17-11(14)10(18-2)9-7(12)5-4-6-8(9)13(15)16/h4-6,10H,3,12H2,1-2H3/t10-/m0/s1. The molecule has 0 amide bonds. The van der Waals surface area contributed by atoms with Crippen molar-refractivity contribution >= 4 is 29.1 Å². The molecule has 0 aliphatic carbocycles. The fourth-order valence-corrected chi connectivity index (χ4v) is 2.32. The van der Waals surface area contributed by atoms with Crippen LogP contribution in [0.2, 0.25) is 0 Å². The summed E-state index contributed by atoms with van der Waals surface area (Å²) in [6.07, 6.45) is 1.68. The lowest BCUT2D eigenvalue weighted by Crippen LogP contribution is -2.16. The Kier molecular flexibility index (Phi) is 4.96. The van der Waals surface area contributed by atoms with Gasteiger partial charge in [0.1, 0.15) is 5.25 Å². The van der Waals surface area contributed by atoms with Gasteiger partial charge in [-0.1, -0.05) is 6.07 Å². The number of benzene rings is 1. The number of thioether (sulfide) groups is 1. The molecule has 0 aliphatic heterocycles. The van der Waals surface area contributed by atoms with Gasteiger partial charge in [-0.3, -0.25) is 14.9 Å². The normalized spacial score (nSPS) is 11.9. The van der Waals surface area contributed by atoms with Crippen molar-refractivity contribution in [1.82, 2.24) is 0 Å². The predicted molar refractivity (Wildman–Crippen MR) is 70.4 cm³/mol. The lowest BCUT2D eigenvalue weighted by molar-refractivity contribution is -0.385. The van der Waals surface area contributed by atoms with E-state index in [1.807, 2.05) is 0 Å². The molecular formula is C11H14N2O4S. The van der Waals surface area contributed by atoms with Crippen LogP contribution < -0.4 is 5.73 Å². The second-order valence-electron chi connectivity index (χ2n) is 3.40. The van der Waals surface area contributed by atoms with Gasteiger partial charge in [-0.15, -0.1) is 11.8 Å². The van der Waals surface area contributed by atoms with Crippen LogP contribution in [-0.2, 0) is 9.53 Å². The molecular weight excluding hydrogens is 256 g/mol. The number of ether oxygens (including phenoxy) is 1. The van der Waals surface area contributed by atoms with Gasteiger partial charge in [-0.05, 0) is 19.2 Å². The number of carbonyl (C=O) groups is 1. The largest absolute Gasteiger partial charge is 0.465 e. The number of carbonyl (C=O) groups excluding carboxylic acids is 1. The minimum atomic E-state index is -0.786. The highest BCUT2D eigenvalue weighted by atomic mass is 32.2. The van der Waals surface area contributed by atoms with Crippen molar-refractivity contribution < 1.29 is 14.5 Å². The summed E-state index contributed by atoms with van der Waals surface area (Å²) in [6, 6.07) is 4.35. The number of rotatable bonds is 5. The van der Waals surface area contributed by atoms with E-state index in [2.05, 4.69) is 0 Å². The molecule has 0 aliphatic rings. The van der Waals surface area contributed by atoms with Crippen LogP contribution in [0, 0.1) is 10.1 Å². The van der Waals surface area contributed by atoms with Crippen LogP contribution in [0.5, 0.6) is 0 Å². The molecule has 1 aromatic carbocycles. The molecule has 7 heteroatoms. The number of nitrogen functional groups attached to an aromatic ring is 1. The second-order valence-corrected chi connectivity index (χ2v) is 4.35. The molecule has 1 atom stereocenters. The van der Waals surface area contributed by atoms with Crippen molar-refractivity contribution in [2.75, 3.05) is 18.6 Å². The first-order valence-electron chi connectivity index (χ1n) is 5.25. The van der Waals surface area contributed by atoms with Gasteiger partial charge < -0.3 is 10.5 Å². The third-order valence-corrected chi connectivity index (χ3v) is 3.21. The summed E-state index contributed by atoms with van der Waals surface area (Å²) in [5, 5.41) is 10.2. The highest BCUT2D eigenvalue weighted by molar-refractivity contribution is 7.99. The van der Waals surface area contributed by atoms with Crippen molar-refractivity contribution in [3.63, 3.8) is 0 Å². The number of esters is 1. The zero-order chi connectivity index (χ0) is 13.7. The van der Waals surface area contributed by atoms with Gasteiger partial charge in [0, 0.05) is 11.8 Å². The third kappa shape index (κ3) is 2.92. The molecule has 0 spiro atoms. The Bertz CT molecular complexity index is 464. The summed E-state index contributed by atoms with van der Waals surface area (Å²) in [7, 11) is 0. The number of anilines is 1. The molecule has 0 unspecified atom stereocenters. The summed E-state index contributed by atoms with van der Waals surface area (Å²) < 4.78 is 4.90. The van der Waals surface area contributed by atoms with Crippen molar-refractivity contribution in [3.8, 4) is 0 Å². The summed E-state index contributed by atoms with van der Waals surface area (Å²) in [5.41, 5.74) is 6.00. The monoisotopic (exact) mass is 270 g/mol. The molecule has 98 valence electrons. The Labute approximate surface area is 109 Å². The number of nitrogens with zero attached hydrogens (tertiary/aromatic N) is 1. The molecule has 0 saturated carbocycles. The van der Waals surface area contributed by atoms with E-state index in [4.69, 9.17) is 10.5 Å². The van der Waals surface area contributed by atoms with E-state index < -0.39 is 16.1 Å². The van der Waals surface area contributed by atoms with E-state index >= 15 is 0 Å². The molecule has 0 radical (unpaired) electrons. The Balaban J connectivity index is 3.28. The smallest absolute Gasteiger partial charge is 0.323 e. The van der Waals surface area contributed by atoms with Crippen LogP contribution in [0.25, 0.3) is 0 Å². The third-order valence-electron chi connectivity index (χ3n) is 2.31. The first-order valence-corrected chi connectivity index (χ1v) is 6.53. The van der Waals surface area contributed by atoms with Crippen molar-refractivity contribution in [2.24, 2.45) is 0 Å². The van der Waals surface area contributed by atoms with E-state index in [0.29, 0.717) is 0 Å². The summed E-state index contributed by atoms with van der Waals surface area (Å²) in [5.74, 6) is -0.522. The quantitative estimate of drug-likeness (QED) is 0.381. The summed E-state index contributed by atoms with van der Waals surface area (Å²) in [6.45, 7) is 1.90. The van der Waals surface area contributed by atoms with Crippen LogP contribution >= 0.6 is 11.8 Å². The first-order chi connectivity index (χ1) is 8.52. The van der Waals surface area contributed by atoms with Crippen LogP contribution in [-0.4, -0.2) is 23.8 Å². The molecule has 0 heterocycles. The summed E-state index contributed by atoms with van der Waals surface area (Å²) >= 11 is 1.16. The number of hydrogen-bond donors (Lipinski definition) is 1. The van der Waals surface area contributed by atoms with Gasteiger partial charge in [0.05, 0.1) is 17.1 Å². The molecule has 0 saturated heterocycles.